The van der Waals surface area contributed by atoms with Crippen LogP contribution >= 0.6 is 11.8 Å². The maximum absolute atomic E-state index is 13.2. The van der Waals surface area contributed by atoms with Crippen LogP contribution in [0.15, 0.2) is 58.5 Å². The number of para-hydroxylation sites is 3. The van der Waals surface area contributed by atoms with Crippen LogP contribution in [-0.2, 0) is 4.79 Å². The number of rotatable bonds is 7. The zero-order chi connectivity index (χ0) is 20.1. The maximum Gasteiger partial charge on any atom is 0.266 e. The van der Waals surface area contributed by atoms with Crippen LogP contribution in [0.1, 0.15) is 20.3 Å². The second kappa shape index (κ2) is 8.93. The second-order valence-electron chi connectivity index (χ2n) is 6.39. The first-order valence-corrected chi connectivity index (χ1v) is 10.1. The van der Waals surface area contributed by atoms with E-state index < -0.39 is 0 Å². The Labute approximate surface area is 167 Å². The van der Waals surface area contributed by atoms with Crippen molar-refractivity contribution in [1.29, 1.82) is 0 Å². The summed E-state index contributed by atoms with van der Waals surface area (Å²) in [6, 6.07) is 14.6. The van der Waals surface area contributed by atoms with Gasteiger partial charge >= 0.3 is 0 Å². The lowest BCUT2D eigenvalue weighted by Gasteiger charge is -2.16. The molecule has 0 aliphatic rings. The zero-order valence-electron chi connectivity index (χ0n) is 16.1. The van der Waals surface area contributed by atoms with Gasteiger partial charge in [0.2, 0.25) is 5.91 Å². The molecule has 1 heterocycles. The number of carbonyl (C=O) groups excluding carboxylic acids is 1. The van der Waals surface area contributed by atoms with Crippen molar-refractivity contribution in [2.45, 2.75) is 31.5 Å². The summed E-state index contributed by atoms with van der Waals surface area (Å²) < 4.78 is 6.95. The largest absolute Gasteiger partial charge is 0.495 e. The van der Waals surface area contributed by atoms with Gasteiger partial charge in [0.1, 0.15) is 5.75 Å². The number of aromatic nitrogens is 2. The molecule has 2 aromatic carbocycles. The molecule has 6 nitrogen and oxygen atoms in total. The number of amides is 1. The number of benzene rings is 2. The molecular weight excluding hydrogens is 374 g/mol. The molecule has 1 atom stereocenters. The molecule has 1 amide bonds. The molecular formula is C21H23N3O3S. The van der Waals surface area contributed by atoms with Gasteiger partial charge in [0.15, 0.2) is 5.16 Å². The van der Waals surface area contributed by atoms with Gasteiger partial charge in [-0.15, -0.1) is 0 Å². The fraction of sp³-hybridized carbons (Fsp3) is 0.286. The summed E-state index contributed by atoms with van der Waals surface area (Å²) in [6.45, 7) is 3.98. The Morgan fingerprint density at radius 3 is 2.68 bits per heavy atom. The van der Waals surface area contributed by atoms with E-state index >= 15 is 0 Å². The Hall–Kier alpha value is -2.80. The summed E-state index contributed by atoms with van der Waals surface area (Å²) >= 11 is 1.23. The molecule has 0 saturated carbocycles. The highest BCUT2D eigenvalue weighted by Crippen LogP contribution is 2.26. The Morgan fingerprint density at radius 1 is 1.21 bits per heavy atom. The number of thioether (sulfide) groups is 1. The van der Waals surface area contributed by atoms with Crippen molar-refractivity contribution >= 4 is 28.6 Å². The van der Waals surface area contributed by atoms with E-state index in [1.54, 1.807) is 31.4 Å². The highest BCUT2D eigenvalue weighted by molar-refractivity contribution is 7.99. The molecule has 3 rings (SSSR count). The monoisotopic (exact) mass is 397 g/mol. The summed E-state index contributed by atoms with van der Waals surface area (Å²) in [5, 5.41) is 3.90. The molecule has 0 aliphatic heterocycles. The first-order valence-electron chi connectivity index (χ1n) is 9.12. The number of nitrogens with one attached hydrogen (secondary N) is 1. The highest BCUT2D eigenvalue weighted by Gasteiger charge is 2.17. The van der Waals surface area contributed by atoms with Crippen LogP contribution in [-0.4, -0.2) is 34.4 Å². The van der Waals surface area contributed by atoms with E-state index in [0.29, 0.717) is 27.5 Å². The highest BCUT2D eigenvalue weighted by atomic mass is 32.2. The van der Waals surface area contributed by atoms with Crippen molar-refractivity contribution in [3.63, 3.8) is 0 Å². The Balaban J connectivity index is 2.07. The normalized spacial score (nSPS) is 12.0. The second-order valence-corrected chi connectivity index (χ2v) is 7.33. The molecule has 146 valence electrons. The minimum Gasteiger partial charge on any atom is -0.495 e. The van der Waals surface area contributed by atoms with Crippen LogP contribution in [0.2, 0.25) is 0 Å². The number of hydrogen-bond acceptors (Lipinski definition) is 5. The van der Waals surface area contributed by atoms with Crippen LogP contribution in [0.3, 0.4) is 0 Å². The SMILES string of the molecule is CC[C@H](C)NC(=O)CSc1nc2ccccc2c(=O)n1-c1ccccc1OC. The zero-order valence-corrected chi connectivity index (χ0v) is 17.0. The molecule has 0 radical (unpaired) electrons. The van der Waals surface area contributed by atoms with Gasteiger partial charge < -0.3 is 10.1 Å². The number of methoxy groups -OCH3 is 1. The number of carbonyl (C=O) groups is 1. The number of hydrogen-bond donors (Lipinski definition) is 1. The molecule has 0 aliphatic carbocycles. The molecule has 1 N–H and O–H groups in total. The summed E-state index contributed by atoms with van der Waals surface area (Å²) in [5.41, 5.74) is 1.00. The fourth-order valence-electron chi connectivity index (χ4n) is 2.78. The standard InChI is InChI=1S/C21H23N3O3S/c1-4-14(2)22-19(25)13-28-21-23-16-10-6-5-9-15(16)20(26)24(21)17-11-7-8-12-18(17)27-3/h5-12,14H,4,13H2,1-3H3,(H,22,25)/t14-/m0/s1. The molecule has 0 bridgehead atoms. The third-order valence-corrected chi connectivity index (χ3v) is 5.36. The predicted molar refractivity (Wildman–Crippen MR) is 113 cm³/mol. The Kier molecular flexibility index (Phi) is 6.36. The van der Waals surface area contributed by atoms with Crippen LogP contribution in [0.4, 0.5) is 0 Å². The quantitative estimate of drug-likeness (QED) is 0.489. The molecule has 0 fully saturated rings. The minimum absolute atomic E-state index is 0.0895. The van der Waals surface area contributed by atoms with E-state index in [1.165, 1.54) is 16.3 Å². The molecule has 0 spiro atoms. The van der Waals surface area contributed by atoms with E-state index in [4.69, 9.17) is 4.74 Å². The maximum atomic E-state index is 13.2. The van der Waals surface area contributed by atoms with Gasteiger partial charge in [-0.1, -0.05) is 43.0 Å². The van der Waals surface area contributed by atoms with Gasteiger partial charge in [0.25, 0.3) is 5.56 Å². The Morgan fingerprint density at radius 2 is 1.93 bits per heavy atom. The van der Waals surface area contributed by atoms with E-state index in [1.807, 2.05) is 38.1 Å². The van der Waals surface area contributed by atoms with Gasteiger partial charge in [0.05, 0.1) is 29.5 Å². The van der Waals surface area contributed by atoms with Gasteiger partial charge in [-0.25, -0.2) is 4.98 Å². The van der Waals surface area contributed by atoms with Crippen molar-refractivity contribution in [2.24, 2.45) is 0 Å². The number of fused-ring (bicyclic) bond motifs is 1. The third kappa shape index (κ3) is 4.20. The molecule has 7 heteroatoms. The van der Waals surface area contributed by atoms with Gasteiger partial charge in [-0.2, -0.15) is 0 Å². The minimum atomic E-state index is -0.195. The van der Waals surface area contributed by atoms with E-state index in [-0.39, 0.29) is 23.3 Å². The van der Waals surface area contributed by atoms with Crippen LogP contribution in [0.25, 0.3) is 16.6 Å². The van der Waals surface area contributed by atoms with E-state index in [0.717, 1.165) is 6.42 Å². The smallest absolute Gasteiger partial charge is 0.266 e. The fourth-order valence-corrected chi connectivity index (χ4v) is 3.60. The lowest BCUT2D eigenvalue weighted by Crippen LogP contribution is -2.33. The summed E-state index contributed by atoms with van der Waals surface area (Å²) in [4.78, 5) is 30.1. The topological polar surface area (TPSA) is 73.2 Å². The van der Waals surface area contributed by atoms with Crippen molar-refractivity contribution in [3.8, 4) is 11.4 Å². The van der Waals surface area contributed by atoms with Gasteiger partial charge in [-0.3, -0.25) is 14.2 Å². The Bertz CT molecular complexity index is 1050. The van der Waals surface area contributed by atoms with Gasteiger partial charge in [-0.05, 0) is 37.6 Å². The summed E-state index contributed by atoms with van der Waals surface area (Å²) in [7, 11) is 1.56. The summed E-state index contributed by atoms with van der Waals surface area (Å²) in [6.07, 6.45) is 0.858. The van der Waals surface area contributed by atoms with Crippen molar-refractivity contribution in [3.05, 3.63) is 58.9 Å². The lowest BCUT2D eigenvalue weighted by molar-refractivity contribution is -0.119. The average molecular weight is 398 g/mol. The number of ether oxygens (including phenoxy) is 1. The van der Waals surface area contributed by atoms with E-state index in [2.05, 4.69) is 10.3 Å². The first-order chi connectivity index (χ1) is 13.5. The van der Waals surface area contributed by atoms with Gasteiger partial charge in [0, 0.05) is 6.04 Å². The van der Waals surface area contributed by atoms with Crippen molar-refractivity contribution in [2.75, 3.05) is 12.9 Å². The molecule has 0 unspecified atom stereocenters. The number of nitrogens with zero attached hydrogens (tertiary/aromatic N) is 2. The molecule has 0 saturated heterocycles. The summed E-state index contributed by atoms with van der Waals surface area (Å²) in [5.74, 6) is 0.644. The molecule has 28 heavy (non-hydrogen) atoms. The van der Waals surface area contributed by atoms with Crippen LogP contribution in [0, 0.1) is 0 Å². The lowest BCUT2D eigenvalue weighted by atomic mass is 10.2. The van der Waals surface area contributed by atoms with Crippen molar-refractivity contribution < 1.29 is 9.53 Å². The average Bonchev–Trinajstić information content (AvgIpc) is 2.72. The van der Waals surface area contributed by atoms with E-state index in [9.17, 15) is 9.59 Å². The van der Waals surface area contributed by atoms with Crippen LogP contribution < -0.4 is 15.6 Å². The molecule has 3 aromatic rings. The van der Waals surface area contributed by atoms with Crippen LogP contribution in [0.5, 0.6) is 5.75 Å². The first kappa shape index (κ1) is 19.9. The molecule has 1 aromatic heterocycles. The third-order valence-electron chi connectivity index (χ3n) is 4.42. The predicted octanol–water partition coefficient (Wildman–Crippen LogP) is 3.40. The van der Waals surface area contributed by atoms with Crippen molar-refractivity contribution in [1.82, 2.24) is 14.9 Å².